The Labute approximate surface area is 100 Å². The van der Waals surface area contributed by atoms with E-state index in [0.29, 0.717) is 12.5 Å². The lowest BCUT2D eigenvalue weighted by Gasteiger charge is -2.28. The molecule has 2 N–H and O–H groups in total. The lowest BCUT2D eigenvalue weighted by molar-refractivity contribution is 0.0137. The minimum Gasteiger partial charge on any atom is -0.389 e. The summed E-state index contributed by atoms with van der Waals surface area (Å²) < 4.78 is 0. The Balaban J connectivity index is 2.17. The molecule has 0 aromatic heterocycles. The minimum absolute atomic E-state index is 0.302. The fraction of sp³-hybridized carbons (Fsp3) is 1.00. The van der Waals surface area contributed by atoms with Gasteiger partial charge in [-0.25, -0.2) is 0 Å². The Morgan fingerprint density at radius 3 is 2.69 bits per heavy atom. The molecule has 1 saturated heterocycles. The molecule has 0 spiro atoms. The molecule has 2 unspecified atom stereocenters. The predicted molar refractivity (Wildman–Crippen MR) is 68.6 cm³/mol. The first-order chi connectivity index (χ1) is 7.45. The van der Waals surface area contributed by atoms with Crippen LogP contribution in [-0.2, 0) is 0 Å². The van der Waals surface area contributed by atoms with Gasteiger partial charge in [0, 0.05) is 13.1 Å². The van der Waals surface area contributed by atoms with Crippen molar-refractivity contribution in [2.75, 3.05) is 32.7 Å². The fourth-order valence-corrected chi connectivity index (χ4v) is 2.10. The van der Waals surface area contributed by atoms with Crippen LogP contribution < -0.4 is 5.32 Å². The summed E-state index contributed by atoms with van der Waals surface area (Å²) in [6.45, 7) is 13.6. The van der Waals surface area contributed by atoms with Gasteiger partial charge in [0.25, 0.3) is 0 Å². The van der Waals surface area contributed by atoms with Crippen molar-refractivity contribution in [3.63, 3.8) is 0 Å². The second-order valence-electron chi connectivity index (χ2n) is 5.69. The van der Waals surface area contributed by atoms with Crippen molar-refractivity contribution in [2.24, 2.45) is 11.8 Å². The van der Waals surface area contributed by atoms with Crippen molar-refractivity contribution in [1.82, 2.24) is 10.2 Å². The number of aliphatic hydroxyl groups is 1. The van der Waals surface area contributed by atoms with E-state index >= 15 is 0 Å². The highest BCUT2D eigenvalue weighted by Gasteiger charge is 2.26. The molecule has 0 aromatic carbocycles. The van der Waals surface area contributed by atoms with Gasteiger partial charge in [-0.1, -0.05) is 20.8 Å². The maximum Gasteiger partial charge on any atom is 0.0766 e. The van der Waals surface area contributed by atoms with Gasteiger partial charge in [-0.3, -0.25) is 0 Å². The van der Waals surface area contributed by atoms with Crippen LogP contribution in [0.3, 0.4) is 0 Å². The number of likely N-dealkylation sites (tertiary alicyclic amines) is 1. The van der Waals surface area contributed by atoms with Crippen molar-refractivity contribution < 1.29 is 5.11 Å². The Morgan fingerprint density at radius 1 is 1.50 bits per heavy atom. The van der Waals surface area contributed by atoms with E-state index in [0.717, 1.165) is 12.5 Å². The molecule has 0 saturated carbocycles. The molecule has 3 heteroatoms. The minimum atomic E-state index is -0.580. The molecule has 3 nitrogen and oxygen atoms in total. The number of nitrogens with zero attached hydrogens (tertiary/aromatic N) is 1. The van der Waals surface area contributed by atoms with Gasteiger partial charge >= 0.3 is 0 Å². The molecule has 1 aliphatic heterocycles. The highest BCUT2D eigenvalue weighted by atomic mass is 16.3. The van der Waals surface area contributed by atoms with Gasteiger partial charge in [-0.05, 0) is 44.8 Å². The van der Waals surface area contributed by atoms with Gasteiger partial charge < -0.3 is 15.3 Å². The largest absolute Gasteiger partial charge is 0.389 e. The molecular formula is C13H28N2O. The zero-order valence-electron chi connectivity index (χ0n) is 11.3. The van der Waals surface area contributed by atoms with Gasteiger partial charge in [-0.2, -0.15) is 0 Å². The molecular weight excluding hydrogens is 200 g/mol. The third kappa shape index (κ3) is 4.04. The summed E-state index contributed by atoms with van der Waals surface area (Å²) in [6.07, 6.45) is 1.30. The summed E-state index contributed by atoms with van der Waals surface area (Å²) in [5.41, 5.74) is -0.580. The molecule has 2 atom stereocenters. The summed E-state index contributed by atoms with van der Waals surface area (Å²) in [5, 5.41) is 13.5. The Bertz CT molecular complexity index is 204. The summed E-state index contributed by atoms with van der Waals surface area (Å²) >= 11 is 0. The van der Waals surface area contributed by atoms with Crippen LogP contribution in [0.1, 0.15) is 34.1 Å². The Kier molecular flexibility index (Phi) is 5.22. The predicted octanol–water partition coefficient (Wildman–Crippen LogP) is 1.32. The van der Waals surface area contributed by atoms with Crippen molar-refractivity contribution in [3.05, 3.63) is 0 Å². The van der Waals surface area contributed by atoms with Gasteiger partial charge in [0.1, 0.15) is 0 Å². The molecule has 0 bridgehead atoms. The van der Waals surface area contributed by atoms with E-state index in [1.807, 2.05) is 6.92 Å². The zero-order chi connectivity index (χ0) is 12.2. The van der Waals surface area contributed by atoms with Crippen molar-refractivity contribution >= 4 is 0 Å². The second kappa shape index (κ2) is 5.99. The number of nitrogens with one attached hydrogen (secondary N) is 1. The first-order valence-corrected chi connectivity index (χ1v) is 6.61. The van der Waals surface area contributed by atoms with Crippen LogP contribution in [0, 0.1) is 11.8 Å². The molecule has 16 heavy (non-hydrogen) atoms. The highest BCUT2D eigenvalue weighted by Crippen LogP contribution is 2.17. The van der Waals surface area contributed by atoms with Crippen LogP contribution in [-0.4, -0.2) is 48.3 Å². The third-order valence-corrected chi connectivity index (χ3v) is 3.98. The van der Waals surface area contributed by atoms with E-state index in [1.54, 1.807) is 0 Å². The SMILES string of the molecule is CCN1CCC(CNCC(C)(O)C(C)C)C1. The number of hydrogen-bond acceptors (Lipinski definition) is 3. The van der Waals surface area contributed by atoms with Crippen molar-refractivity contribution in [1.29, 1.82) is 0 Å². The zero-order valence-corrected chi connectivity index (χ0v) is 11.3. The number of rotatable bonds is 6. The monoisotopic (exact) mass is 228 g/mol. The summed E-state index contributed by atoms with van der Waals surface area (Å²) in [6, 6.07) is 0. The maximum absolute atomic E-state index is 10.1. The average Bonchev–Trinajstić information content (AvgIpc) is 2.65. The fourth-order valence-electron chi connectivity index (χ4n) is 2.10. The molecule has 0 radical (unpaired) electrons. The lowest BCUT2D eigenvalue weighted by atomic mass is 9.92. The van der Waals surface area contributed by atoms with Crippen LogP contribution in [0.25, 0.3) is 0 Å². The maximum atomic E-state index is 10.1. The third-order valence-electron chi connectivity index (χ3n) is 3.98. The normalized spacial score (nSPS) is 26.2. The summed E-state index contributed by atoms with van der Waals surface area (Å²) in [5.74, 6) is 1.07. The molecule has 96 valence electrons. The first kappa shape index (κ1) is 13.9. The van der Waals surface area contributed by atoms with Crippen molar-refractivity contribution in [3.8, 4) is 0 Å². The van der Waals surface area contributed by atoms with Gasteiger partial charge in [-0.15, -0.1) is 0 Å². The molecule has 0 aromatic rings. The number of hydrogen-bond donors (Lipinski definition) is 2. The van der Waals surface area contributed by atoms with E-state index in [4.69, 9.17) is 0 Å². The highest BCUT2D eigenvalue weighted by molar-refractivity contribution is 4.81. The Hall–Kier alpha value is -0.120. The molecule has 1 heterocycles. The standard InChI is InChI=1S/C13H28N2O/c1-5-15-7-6-12(9-15)8-14-10-13(4,16)11(2)3/h11-12,14,16H,5-10H2,1-4H3. The van der Waals surface area contributed by atoms with Crippen molar-refractivity contribution in [2.45, 2.75) is 39.7 Å². The van der Waals surface area contributed by atoms with Crippen LogP contribution in [0.15, 0.2) is 0 Å². The topological polar surface area (TPSA) is 35.5 Å². The summed E-state index contributed by atoms with van der Waals surface area (Å²) in [4.78, 5) is 2.49. The van der Waals surface area contributed by atoms with E-state index < -0.39 is 5.60 Å². The Morgan fingerprint density at radius 2 is 2.19 bits per heavy atom. The van der Waals surface area contributed by atoms with Crippen LogP contribution in [0.4, 0.5) is 0 Å². The molecule has 1 rings (SSSR count). The molecule has 1 aliphatic rings. The van der Waals surface area contributed by atoms with Gasteiger partial charge in [0.15, 0.2) is 0 Å². The van der Waals surface area contributed by atoms with Gasteiger partial charge in [0.05, 0.1) is 5.60 Å². The molecule has 0 aliphatic carbocycles. The molecule has 1 fully saturated rings. The lowest BCUT2D eigenvalue weighted by Crippen LogP contribution is -2.43. The van der Waals surface area contributed by atoms with E-state index in [-0.39, 0.29) is 0 Å². The van der Waals surface area contributed by atoms with Crippen LogP contribution in [0.2, 0.25) is 0 Å². The smallest absolute Gasteiger partial charge is 0.0766 e. The van der Waals surface area contributed by atoms with Crippen LogP contribution in [0.5, 0.6) is 0 Å². The van der Waals surface area contributed by atoms with E-state index in [9.17, 15) is 5.11 Å². The van der Waals surface area contributed by atoms with E-state index in [2.05, 4.69) is 31.0 Å². The van der Waals surface area contributed by atoms with E-state index in [1.165, 1.54) is 26.1 Å². The van der Waals surface area contributed by atoms with Gasteiger partial charge in [0.2, 0.25) is 0 Å². The van der Waals surface area contributed by atoms with Crippen LogP contribution >= 0.6 is 0 Å². The quantitative estimate of drug-likeness (QED) is 0.720. The second-order valence-corrected chi connectivity index (χ2v) is 5.69. The average molecular weight is 228 g/mol. The summed E-state index contributed by atoms with van der Waals surface area (Å²) in [7, 11) is 0. The molecule has 0 amide bonds. The first-order valence-electron chi connectivity index (χ1n) is 6.61.